The number of benzene rings is 1. The molecule has 0 bridgehead atoms. The molecule has 0 saturated heterocycles. The Bertz CT molecular complexity index is 437. The Morgan fingerprint density at radius 3 is 3.00 bits per heavy atom. The fourth-order valence-corrected chi connectivity index (χ4v) is 2.05. The molecule has 4 heteroatoms. The van der Waals surface area contributed by atoms with Crippen LogP contribution in [0.1, 0.15) is 11.4 Å². The Hall–Kier alpha value is -1.04. The number of aryl methyl sites for hydroxylation is 1. The minimum atomic E-state index is 0.731. The first-order valence-electron chi connectivity index (χ1n) is 4.74. The highest BCUT2D eigenvalue weighted by Crippen LogP contribution is 2.17. The quantitative estimate of drug-likeness (QED) is 0.856. The van der Waals surface area contributed by atoms with Crippen LogP contribution in [-0.4, -0.2) is 9.97 Å². The number of hydrogen-bond acceptors (Lipinski definition) is 2. The zero-order chi connectivity index (χ0) is 10.7. The topological polar surface area (TPSA) is 40.7 Å². The van der Waals surface area contributed by atoms with Gasteiger partial charge in [-0.3, -0.25) is 0 Å². The lowest BCUT2D eigenvalue weighted by atomic mass is 10.2. The predicted octanol–water partition coefficient (Wildman–Crippen LogP) is 2.93. The number of rotatable bonds is 3. The Balaban J connectivity index is 2.05. The van der Waals surface area contributed by atoms with Crippen LogP contribution in [0.2, 0.25) is 0 Å². The molecule has 2 aromatic rings. The molecule has 0 radical (unpaired) electrons. The van der Waals surface area contributed by atoms with Crippen LogP contribution >= 0.6 is 22.6 Å². The van der Waals surface area contributed by atoms with E-state index in [2.05, 4.69) is 63.0 Å². The molecule has 0 atom stereocenters. The van der Waals surface area contributed by atoms with E-state index < -0.39 is 0 Å². The molecule has 78 valence electrons. The molecular weight excluding hydrogens is 301 g/mol. The van der Waals surface area contributed by atoms with Crippen LogP contribution < -0.4 is 5.32 Å². The molecule has 0 spiro atoms. The first-order valence-corrected chi connectivity index (χ1v) is 5.82. The van der Waals surface area contributed by atoms with Gasteiger partial charge in [-0.05, 0) is 53.3 Å². The average molecular weight is 313 g/mol. The van der Waals surface area contributed by atoms with Crippen molar-refractivity contribution in [1.82, 2.24) is 9.97 Å². The number of H-pyrrole nitrogens is 1. The third-order valence-electron chi connectivity index (χ3n) is 2.19. The summed E-state index contributed by atoms with van der Waals surface area (Å²) in [6.45, 7) is 2.83. The van der Waals surface area contributed by atoms with E-state index >= 15 is 0 Å². The van der Waals surface area contributed by atoms with Crippen molar-refractivity contribution in [3.8, 4) is 0 Å². The van der Waals surface area contributed by atoms with E-state index in [1.165, 1.54) is 9.13 Å². The molecule has 0 aliphatic carbocycles. The predicted molar refractivity (Wildman–Crippen MR) is 69.8 cm³/mol. The van der Waals surface area contributed by atoms with E-state index in [1.807, 2.05) is 6.20 Å². The van der Waals surface area contributed by atoms with Crippen LogP contribution in [0.5, 0.6) is 0 Å². The summed E-state index contributed by atoms with van der Waals surface area (Å²) in [6, 6.07) is 6.35. The first kappa shape index (κ1) is 10.5. The highest BCUT2D eigenvalue weighted by Gasteiger charge is 1.99. The third-order valence-corrected chi connectivity index (χ3v) is 2.86. The van der Waals surface area contributed by atoms with Crippen molar-refractivity contribution in [2.24, 2.45) is 0 Å². The summed E-state index contributed by atoms with van der Waals surface area (Å²) in [4.78, 5) is 7.22. The van der Waals surface area contributed by atoms with Gasteiger partial charge in [0.1, 0.15) is 5.82 Å². The number of aromatic amines is 1. The minimum absolute atomic E-state index is 0.731. The summed E-state index contributed by atoms with van der Waals surface area (Å²) in [5, 5.41) is 3.35. The van der Waals surface area contributed by atoms with E-state index in [1.54, 1.807) is 6.20 Å². The lowest BCUT2D eigenvalue weighted by Gasteiger charge is -2.08. The van der Waals surface area contributed by atoms with Gasteiger partial charge in [0.15, 0.2) is 0 Å². The van der Waals surface area contributed by atoms with E-state index in [4.69, 9.17) is 0 Å². The summed E-state index contributed by atoms with van der Waals surface area (Å²) in [6.07, 6.45) is 3.59. The fraction of sp³-hybridized carbons (Fsp3) is 0.182. The summed E-state index contributed by atoms with van der Waals surface area (Å²) in [5.74, 6) is 0.952. The molecule has 0 unspecified atom stereocenters. The monoisotopic (exact) mass is 313 g/mol. The molecule has 0 fully saturated rings. The SMILES string of the molecule is Cc1cc(I)ccc1NCc1ncc[nH]1. The molecule has 3 nitrogen and oxygen atoms in total. The summed E-state index contributed by atoms with van der Waals surface area (Å²) < 4.78 is 1.26. The maximum absolute atomic E-state index is 4.16. The van der Waals surface area contributed by atoms with Gasteiger partial charge < -0.3 is 10.3 Å². The summed E-state index contributed by atoms with van der Waals surface area (Å²) in [5.41, 5.74) is 2.42. The summed E-state index contributed by atoms with van der Waals surface area (Å²) in [7, 11) is 0. The number of nitrogens with one attached hydrogen (secondary N) is 2. The Morgan fingerprint density at radius 1 is 1.47 bits per heavy atom. The van der Waals surface area contributed by atoms with Crippen molar-refractivity contribution in [1.29, 1.82) is 0 Å². The molecular formula is C11H12IN3. The van der Waals surface area contributed by atoms with Gasteiger partial charge in [-0.15, -0.1) is 0 Å². The van der Waals surface area contributed by atoms with Gasteiger partial charge in [0.2, 0.25) is 0 Å². The van der Waals surface area contributed by atoms with Crippen LogP contribution in [0, 0.1) is 10.5 Å². The first-order chi connectivity index (χ1) is 7.25. The Labute approximate surface area is 102 Å². The van der Waals surface area contributed by atoms with Crippen LogP contribution in [0.15, 0.2) is 30.6 Å². The second kappa shape index (κ2) is 4.65. The van der Waals surface area contributed by atoms with E-state index in [0.29, 0.717) is 0 Å². The molecule has 1 heterocycles. The number of halogens is 1. The maximum Gasteiger partial charge on any atom is 0.125 e. The number of hydrogen-bond donors (Lipinski definition) is 2. The van der Waals surface area contributed by atoms with E-state index in [0.717, 1.165) is 18.1 Å². The zero-order valence-electron chi connectivity index (χ0n) is 8.42. The average Bonchev–Trinajstić information content (AvgIpc) is 2.69. The molecule has 2 rings (SSSR count). The lowest BCUT2D eigenvalue weighted by Crippen LogP contribution is -2.02. The van der Waals surface area contributed by atoms with Gasteiger partial charge in [-0.1, -0.05) is 0 Å². The largest absolute Gasteiger partial charge is 0.378 e. The second-order valence-electron chi connectivity index (χ2n) is 3.35. The highest BCUT2D eigenvalue weighted by molar-refractivity contribution is 14.1. The summed E-state index contributed by atoms with van der Waals surface area (Å²) >= 11 is 2.31. The van der Waals surface area contributed by atoms with Crippen LogP contribution in [-0.2, 0) is 6.54 Å². The van der Waals surface area contributed by atoms with E-state index in [9.17, 15) is 0 Å². The van der Waals surface area contributed by atoms with Crippen LogP contribution in [0.4, 0.5) is 5.69 Å². The van der Waals surface area contributed by atoms with Crippen molar-refractivity contribution < 1.29 is 0 Å². The van der Waals surface area contributed by atoms with Gasteiger partial charge in [0.25, 0.3) is 0 Å². The Kier molecular flexibility index (Phi) is 3.25. The smallest absolute Gasteiger partial charge is 0.125 e. The van der Waals surface area contributed by atoms with Gasteiger partial charge in [0, 0.05) is 21.7 Å². The molecule has 0 aliphatic heterocycles. The molecule has 1 aromatic heterocycles. The van der Waals surface area contributed by atoms with E-state index in [-0.39, 0.29) is 0 Å². The molecule has 2 N–H and O–H groups in total. The lowest BCUT2D eigenvalue weighted by molar-refractivity contribution is 0.997. The number of imidazole rings is 1. The third kappa shape index (κ3) is 2.71. The van der Waals surface area contributed by atoms with Crippen molar-refractivity contribution in [3.63, 3.8) is 0 Å². The Morgan fingerprint density at radius 2 is 2.33 bits per heavy atom. The van der Waals surface area contributed by atoms with Gasteiger partial charge >= 0.3 is 0 Å². The molecule has 1 aromatic carbocycles. The zero-order valence-corrected chi connectivity index (χ0v) is 10.6. The van der Waals surface area contributed by atoms with Crippen LogP contribution in [0.3, 0.4) is 0 Å². The van der Waals surface area contributed by atoms with Gasteiger partial charge in [-0.25, -0.2) is 4.98 Å². The standard InChI is InChI=1S/C11H12IN3/c1-8-6-9(12)2-3-10(8)15-7-11-13-4-5-14-11/h2-6,15H,7H2,1H3,(H,13,14). The number of anilines is 1. The van der Waals surface area contributed by atoms with Gasteiger partial charge in [-0.2, -0.15) is 0 Å². The fourth-order valence-electron chi connectivity index (χ4n) is 1.40. The number of aromatic nitrogens is 2. The minimum Gasteiger partial charge on any atom is -0.378 e. The normalized spacial score (nSPS) is 10.3. The maximum atomic E-state index is 4.16. The van der Waals surface area contributed by atoms with Crippen molar-refractivity contribution in [3.05, 3.63) is 45.6 Å². The highest BCUT2D eigenvalue weighted by atomic mass is 127. The molecule has 0 aliphatic rings. The molecule has 0 saturated carbocycles. The van der Waals surface area contributed by atoms with Gasteiger partial charge in [0.05, 0.1) is 6.54 Å². The van der Waals surface area contributed by atoms with Crippen LogP contribution in [0.25, 0.3) is 0 Å². The number of nitrogens with zero attached hydrogens (tertiary/aromatic N) is 1. The molecule has 0 amide bonds. The second-order valence-corrected chi connectivity index (χ2v) is 4.59. The van der Waals surface area contributed by atoms with Crippen molar-refractivity contribution >= 4 is 28.3 Å². The van der Waals surface area contributed by atoms with Crippen molar-refractivity contribution in [2.45, 2.75) is 13.5 Å². The molecule has 15 heavy (non-hydrogen) atoms. The van der Waals surface area contributed by atoms with Crippen molar-refractivity contribution in [2.75, 3.05) is 5.32 Å².